The van der Waals surface area contributed by atoms with Crippen LogP contribution < -0.4 is 5.32 Å². The molecular formula is C8H7F2NO3. The normalized spacial score (nSPS) is 21.5. The van der Waals surface area contributed by atoms with E-state index in [1.54, 1.807) is 0 Å². The Labute approximate surface area is 78.3 Å². The maximum Gasteiger partial charge on any atom is 0.394 e. The summed E-state index contributed by atoms with van der Waals surface area (Å²) in [6.07, 6.45) is 3.52. The average Bonchev–Trinajstić information content (AvgIpc) is 2.00. The molecule has 4 nitrogen and oxygen atoms in total. The first-order valence-electron chi connectivity index (χ1n) is 3.71. The van der Waals surface area contributed by atoms with Crippen LogP contribution in [0.2, 0.25) is 0 Å². The van der Waals surface area contributed by atoms with E-state index in [4.69, 9.17) is 11.5 Å². The van der Waals surface area contributed by atoms with Gasteiger partial charge >= 0.3 is 11.9 Å². The van der Waals surface area contributed by atoms with Crippen molar-refractivity contribution >= 4 is 11.9 Å². The standard InChI is InChI=1S/C8H7F2NO3/c1-2-7(3-8(9,10)4-7)11-5(12)6(13)14/h1H,3-4H2,(H,11,12)(H,13,14). The van der Waals surface area contributed by atoms with E-state index in [1.807, 2.05) is 11.2 Å². The lowest BCUT2D eigenvalue weighted by atomic mass is 9.74. The van der Waals surface area contributed by atoms with Gasteiger partial charge in [0.05, 0.1) is 0 Å². The summed E-state index contributed by atoms with van der Waals surface area (Å²) in [6.45, 7) is 0. The summed E-state index contributed by atoms with van der Waals surface area (Å²) in [5.41, 5.74) is -1.50. The lowest BCUT2D eigenvalue weighted by Gasteiger charge is -2.43. The number of carboxylic acids is 1. The maximum atomic E-state index is 12.5. The Morgan fingerprint density at radius 3 is 2.21 bits per heavy atom. The van der Waals surface area contributed by atoms with Crippen molar-refractivity contribution in [1.29, 1.82) is 0 Å². The van der Waals surface area contributed by atoms with Crippen molar-refractivity contribution in [3.63, 3.8) is 0 Å². The van der Waals surface area contributed by atoms with Gasteiger partial charge < -0.3 is 10.4 Å². The molecule has 1 amide bonds. The molecule has 6 heteroatoms. The molecule has 1 saturated carbocycles. The smallest absolute Gasteiger partial charge is 0.394 e. The highest BCUT2D eigenvalue weighted by molar-refractivity contribution is 6.31. The largest absolute Gasteiger partial charge is 0.474 e. The van der Waals surface area contributed by atoms with Crippen LogP contribution in [0, 0.1) is 12.3 Å². The van der Waals surface area contributed by atoms with E-state index in [0.29, 0.717) is 0 Å². The molecule has 0 aromatic heterocycles. The molecule has 0 unspecified atom stereocenters. The fourth-order valence-corrected chi connectivity index (χ4v) is 1.33. The monoisotopic (exact) mass is 203 g/mol. The van der Waals surface area contributed by atoms with Gasteiger partial charge in [0.25, 0.3) is 5.92 Å². The molecule has 0 atom stereocenters. The Hall–Kier alpha value is -1.64. The molecule has 2 N–H and O–H groups in total. The van der Waals surface area contributed by atoms with Crippen LogP contribution in [0.1, 0.15) is 12.8 Å². The van der Waals surface area contributed by atoms with Crippen molar-refractivity contribution in [2.45, 2.75) is 24.3 Å². The molecule has 1 aliphatic carbocycles. The molecular weight excluding hydrogens is 196 g/mol. The number of halogens is 2. The summed E-state index contributed by atoms with van der Waals surface area (Å²) >= 11 is 0. The second kappa shape index (κ2) is 2.94. The second-order valence-corrected chi connectivity index (χ2v) is 3.20. The zero-order valence-corrected chi connectivity index (χ0v) is 7.01. The van der Waals surface area contributed by atoms with Crippen LogP contribution in [0.5, 0.6) is 0 Å². The summed E-state index contributed by atoms with van der Waals surface area (Å²) in [7, 11) is 0. The van der Waals surface area contributed by atoms with Crippen LogP contribution in [0.15, 0.2) is 0 Å². The Balaban J connectivity index is 2.64. The second-order valence-electron chi connectivity index (χ2n) is 3.20. The topological polar surface area (TPSA) is 66.4 Å². The predicted molar refractivity (Wildman–Crippen MR) is 41.5 cm³/mol. The van der Waals surface area contributed by atoms with Gasteiger partial charge in [0, 0.05) is 12.8 Å². The van der Waals surface area contributed by atoms with Gasteiger partial charge in [-0.3, -0.25) is 4.79 Å². The van der Waals surface area contributed by atoms with Crippen molar-refractivity contribution in [3.05, 3.63) is 0 Å². The van der Waals surface area contributed by atoms with Crippen LogP contribution >= 0.6 is 0 Å². The van der Waals surface area contributed by atoms with Gasteiger partial charge in [-0.25, -0.2) is 13.6 Å². The molecule has 0 heterocycles. The van der Waals surface area contributed by atoms with Crippen LogP contribution in [0.3, 0.4) is 0 Å². The van der Waals surface area contributed by atoms with E-state index in [9.17, 15) is 18.4 Å². The molecule has 76 valence electrons. The quantitative estimate of drug-likeness (QED) is 0.465. The van der Waals surface area contributed by atoms with E-state index < -0.39 is 36.2 Å². The Morgan fingerprint density at radius 1 is 1.43 bits per heavy atom. The first-order valence-corrected chi connectivity index (χ1v) is 3.71. The van der Waals surface area contributed by atoms with Gasteiger partial charge in [0.2, 0.25) is 0 Å². The zero-order valence-electron chi connectivity index (χ0n) is 7.01. The molecule has 0 radical (unpaired) electrons. The Kier molecular flexibility index (Phi) is 2.19. The molecule has 0 aromatic rings. The van der Waals surface area contributed by atoms with Gasteiger partial charge in [0.15, 0.2) is 0 Å². The van der Waals surface area contributed by atoms with Gasteiger partial charge in [0.1, 0.15) is 5.54 Å². The number of carbonyl (C=O) groups is 2. The number of carboxylic acid groups (broad SMARTS) is 1. The molecule has 0 saturated heterocycles. The molecule has 1 rings (SSSR count). The molecule has 1 fully saturated rings. The van der Waals surface area contributed by atoms with E-state index in [2.05, 4.69) is 0 Å². The van der Waals surface area contributed by atoms with Gasteiger partial charge in [-0.05, 0) is 0 Å². The van der Waals surface area contributed by atoms with Crippen LogP contribution in [-0.4, -0.2) is 28.4 Å². The SMILES string of the molecule is C#CC1(NC(=O)C(=O)O)CC(F)(F)C1. The highest BCUT2D eigenvalue weighted by Gasteiger charge is 2.57. The molecule has 0 aromatic carbocycles. The number of rotatable bonds is 1. The minimum absolute atomic E-state index is 0.713. The minimum Gasteiger partial charge on any atom is -0.474 e. The summed E-state index contributed by atoms with van der Waals surface area (Å²) in [4.78, 5) is 20.8. The van der Waals surface area contributed by atoms with Crippen molar-refractivity contribution < 1.29 is 23.5 Å². The summed E-state index contributed by atoms with van der Waals surface area (Å²) in [5, 5.41) is 10.1. The number of nitrogens with one attached hydrogen (secondary N) is 1. The first kappa shape index (κ1) is 10.4. The molecule has 14 heavy (non-hydrogen) atoms. The van der Waals surface area contributed by atoms with Gasteiger partial charge in [-0.1, -0.05) is 5.92 Å². The third kappa shape index (κ3) is 1.82. The summed E-state index contributed by atoms with van der Waals surface area (Å²) in [6, 6.07) is 0. The lowest BCUT2D eigenvalue weighted by Crippen LogP contribution is -2.62. The molecule has 0 bridgehead atoms. The highest BCUT2D eigenvalue weighted by atomic mass is 19.3. The predicted octanol–water partition coefficient (Wildman–Crippen LogP) is -0.0117. The van der Waals surface area contributed by atoms with Crippen molar-refractivity contribution in [2.24, 2.45) is 0 Å². The molecule has 1 aliphatic rings. The minimum atomic E-state index is -2.92. The molecule has 0 aliphatic heterocycles. The third-order valence-corrected chi connectivity index (χ3v) is 1.94. The van der Waals surface area contributed by atoms with Crippen molar-refractivity contribution in [2.75, 3.05) is 0 Å². The first-order chi connectivity index (χ1) is 6.30. The average molecular weight is 203 g/mol. The maximum absolute atomic E-state index is 12.5. The molecule has 0 spiro atoms. The van der Waals surface area contributed by atoms with Crippen molar-refractivity contribution in [3.8, 4) is 12.3 Å². The van der Waals surface area contributed by atoms with E-state index in [-0.39, 0.29) is 0 Å². The number of hydrogen-bond donors (Lipinski definition) is 2. The third-order valence-electron chi connectivity index (χ3n) is 1.94. The Morgan fingerprint density at radius 2 is 1.93 bits per heavy atom. The van der Waals surface area contributed by atoms with Gasteiger partial charge in [-0.2, -0.15) is 0 Å². The fraction of sp³-hybridized carbons (Fsp3) is 0.500. The number of alkyl halides is 2. The van der Waals surface area contributed by atoms with Crippen molar-refractivity contribution in [1.82, 2.24) is 5.32 Å². The van der Waals surface area contributed by atoms with E-state index in [0.717, 1.165) is 0 Å². The van der Waals surface area contributed by atoms with Crippen LogP contribution in [0.25, 0.3) is 0 Å². The van der Waals surface area contributed by atoms with E-state index >= 15 is 0 Å². The summed E-state index contributed by atoms with van der Waals surface area (Å²) < 4.78 is 25.0. The van der Waals surface area contributed by atoms with Crippen LogP contribution in [0.4, 0.5) is 8.78 Å². The number of hydrogen-bond acceptors (Lipinski definition) is 2. The van der Waals surface area contributed by atoms with Gasteiger partial charge in [-0.15, -0.1) is 6.42 Å². The number of carbonyl (C=O) groups excluding carboxylic acids is 1. The zero-order chi connectivity index (χ0) is 11.0. The summed E-state index contributed by atoms with van der Waals surface area (Å²) in [5.74, 6) is -4.04. The number of aliphatic carboxylic acids is 1. The highest BCUT2D eigenvalue weighted by Crippen LogP contribution is 2.45. The van der Waals surface area contributed by atoms with E-state index in [1.165, 1.54) is 0 Å². The Bertz CT molecular complexity index is 324. The fourth-order valence-electron chi connectivity index (χ4n) is 1.33. The number of amides is 1. The lowest BCUT2D eigenvalue weighted by molar-refractivity contribution is -0.156. The number of terminal acetylenes is 1. The van der Waals surface area contributed by atoms with Crippen LogP contribution in [-0.2, 0) is 9.59 Å².